The van der Waals surface area contributed by atoms with E-state index in [1.807, 2.05) is 0 Å². The molecule has 0 saturated heterocycles. The minimum atomic E-state index is 0. The van der Waals surface area contributed by atoms with E-state index < -0.39 is 0 Å². The summed E-state index contributed by atoms with van der Waals surface area (Å²) >= 11 is 0. The summed E-state index contributed by atoms with van der Waals surface area (Å²) in [6.45, 7) is 13.6. The molecule has 0 spiro atoms. The molecule has 23 heavy (non-hydrogen) atoms. The van der Waals surface area contributed by atoms with Crippen LogP contribution in [0.5, 0.6) is 0 Å². The molecule has 0 radical (unpaired) electrons. The molecule has 0 aliphatic heterocycles. The van der Waals surface area contributed by atoms with Gasteiger partial charge in [-0.25, -0.2) is 24.3 Å². The summed E-state index contributed by atoms with van der Waals surface area (Å²) in [4.78, 5) is 0. The smallest absolute Gasteiger partial charge is 1.00 e. The maximum atomic E-state index is 2.26. The molecule has 0 aliphatic rings. The average Bonchev–Trinajstić information content (AvgIpc) is 2.87. The van der Waals surface area contributed by atoms with Crippen molar-refractivity contribution in [2.45, 2.75) is 54.4 Å². The van der Waals surface area contributed by atoms with Crippen LogP contribution < -0.4 is 9.41 Å². The number of hydrogen-bond acceptors (Lipinski definition) is 0. The molecule has 0 bridgehead atoms. The molecule has 0 fully saturated rings. The van der Waals surface area contributed by atoms with Gasteiger partial charge in [-0.2, -0.15) is 35.4 Å². The number of hydrogen-bond donors (Lipinski definition) is 0. The maximum absolute atomic E-state index is 2.26. The van der Waals surface area contributed by atoms with Gasteiger partial charge >= 0.3 is 25.8 Å². The Kier molecular flexibility index (Phi) is 14.1. The molecule has 0 N–H and O–H groups in total. The molecule has 0 nitrogen and oxygen atoms in total. The Balaban J connectivity index is -0.000000308. The fourth-order valence-electron chi connectivity index (χ4n) is 2.29. The van der Waals surface area contributed by atoms with Crippen LogP contribution in [0.2, 0.25) is 0 Å². The van der Waals surface area contributed by atoms with Gasteiger partial charge in [0.15, 0.2) is 0 Å². The van der Waals surface area contributed by atoms with E-state index in [0.29, 0.717) is 10.8 Å². The van der Waals surface area contributed by atoms with E-state index in [1.165, 1.54) is 24.0 Å². The molecule has 2 rings (SSSR count). The van der Waals surface area contributed by atoms with E-state index in [2.05, 4.69) is 90.1 Å². The zero-order valence-electron chi connectivity index (χ0n) is 15.3. The molecule has 2 aromatic carbocycles. The monoisotopic (exact) mass is 488 g/mol. The van der Waals surface area contributed by atoms with Gasteiger partial charge in [-0.05, 0) is 10.8 Å². The second-order valence-electron chi connectivity index (χ2n) is 8.06. The summed E-state index contributed by atoms with van der Waals surface area (Å²) in [5.41, 5.74) is 3.75. The Labute approximate surface area is 159 Å². The molecule has 0 amide bonds. The summed E-state index contributed by atoms with van der Waals surface area (Å²) in [5.74, 6) is 0. The predicted octanol–water partition coefficient (Wildman–Crippen LogP) is -0.00630. The van der Waals surface area contributed by atoms with Crippen LogP contribution in [0.3, 0.4) is 0 Å². The minimum absolute atomic E-state index is 0. The van der Waals surface area contributed by atoms with E-state index in [-0.39, 0.29) is 35.3 Å². The summed E-state index contributed by atoms with van der Waals surface area (Å²) in [6.07, 6.45) is 2.36. The van der Waals surface area contributed by atoms with E-state index >= 15 is 0 Å². The summed E-state index contributed by atoms with van der Waals surface area (Å²) in [6, 6.07) is 17.1. The summed E-state index contributed by atoms with van der Waals surface area (Å²) < 4.78 is 0. The van der Waals surface area contributed by atoms with Crippen LogP contribution in [0.25, 0.3) is 0 Å². The van der Waals surface area contributed by atoms with Crippen LogP contribution >= 0.6 is 0 Å². The van der Waals surface area contributed by atoms with Crippen molar-refractivity contribution in [3.63, 3.8) is 0 Å². The zero-order valence-corrected chi connectivity index (χ0v) is 18.9. The van der Waals surface area contributed by atoms with E-state index in [4.69, 9.17) is 0 Å². The van der Waals surface area contributed by atoms with Crippen molar-refractivity contribution in [2.24, 2.45) is 10.8 Å². The van der Waals surface area contributed by atoms with Gasteiger partial charge in [-0.3, -0.25) is 0 Å². The topological polar surface area (TPSA) is 0 Å². The third kappa shape index (κ3) is 14.7. The van der Waals surface area contributed by atoms with E-state index in [1.54, 1.807) is 0 Å². The van der Waals surface area contributed by atoms with Crippen molar-refractivity contribution in [2.75, 3.05) is 0 Å². The Hall–Kier alpha value is -0.570. The van der Waals surface area contributed by atoms with Crippen LogP contribution in [0.4, 0.5) is 0 Å². The normalized spacial score (nSPS) is 10.3. The summed E-state index contributed by atoms with van der Waals surface area (Å²) in [5, 5.41) is 0. The molecule has 0 aromatic heterocycles. The molecule has 0 saturated carbocycles. The molecule has 0 aliphatic carbocycles. The Bertz CT molecular complexity index is 410. The van der Waals surface area contributed by atoms with Crippen molar-refractivity contribution >= 4 is 0 Å². The van der Waals surface area contributed by atoms with Crippen LogP contribution in [-0.2, 0) is 38.7 Å². The predicted molar refractivity (Wildman–Crippen MR) is 90.4 cm³/mol. The van der Waals surface area contributed by atoms with Gasteiger partial charge in [0.2, 0.25) is 0 Å². The molecule has 0 atom stereocenters. The molecule has 0 unspecified atom stereocenters. The number of halogens is 2. The van der Waals surface area contributed by atoms with Crippen LogP contribution in [-0.4, -0.2) is 0 Å². The second-order valence-corrected chi connectivity index (χ2v) is 8.06. The summed E-state index contributed by atoms with van der Waals surface area (Å²) in [7, 11) is 0. The van der Waals surface area contributed by atoms with E-state index in [9.17, 15) is 0 Å². The van der Waals surface area contributed by atoms with Crippen molar-refractivity contribution in [1.82, 2.24) is 0 Å². The second kappa shape index (κ2) is 11.9. The first-order valence-corrected chi connectivity index (χ1v) is 7.57. The van der Waals surface area contributed by atoms with Gasteiger partial charge < -0.3 is 9.41 Å². The van der Waals surface area contributed by atoms with Crippen molar-refractivity contribution in [3.05, 3.63) is 59.7 Å². The van der Waals surface area contributed by atoms with Gasteiger partial charge in [0, 0.05) is 0 Å². The van der Waals surface area contributed by atoms with Crippen molar-refractivity contribution < 1.29 is 35.3 Å². The first-order valence-electron chi connectivity index (χ1n) is 7.57. The van der Waals surface area contributed by atoms with Crippen LogP contribution in [0, 0.1) is 10.8 Å². The van der Waals surface area contributed by atoms with Gasteiger partial charge in [-0.15, -0.1) is 0 Å². The average molecular weight is 487 g/mol. The molecule has 0 heterocycles. The van der Waals surface area contributed by atoms with Crippen molar-refractivity contribution in [1.29, 1.82) is 0 Å². The third-order valence-electron chi connectivity index (χ3n) is 2.93. The van der Waals surface area contributed by atoms with Crippen LogP contribution in [0.1, 0.15) is 52.7 Å². The largest absolute Gasteiger partial charge is 4.00 e. The standard InChI is InChI=1S/2C10H15.2FH.Hf/c2*1-10(2,3)8-9-6-4-5-7-9;;;/h2*4-7H,8H2,1-3H3;2*1H;/q2*-1;;;+4/p-2. The molecular formula is C20H30F2Hf. The van der Waals surface area contributed by atoms with Gasteiger partial charge in [0.1, 0.15) is 0 Å². The van der Waals surface area contributed by atoms with Gasteiger partial charge in [0.05, 0.1) is 0 Å². The van der Waals surface area contributed by atoms with Gasteiger partial charge in [-0.1, -0.05) is 54.4 Å². The number of rotatable bonds is 2. The molecule has 2 aromatic rings. The van der Waals surface area contributed by atoms with E-state index in [0.717, 1.165) is 0 Å². The fraction of sp³-hybridized carbons (Fsp3) is 0.500. The molecule has 3 heteroatoms. The Morgan fingerprint density at radius 3 is 0.957 bits per heavy atom. The molecule has 128 valence electrons. The van der Waals surface area contributed by atoms with Crippen molar-refractivity contribution in [3.8, 4) is 0 Å². The first-order chi connectivity index (χ1) is 9.16. The third-order valence-corrected chi connectivity index (χ3v) is 2.93. The Morgan fingerprint density at radius 2 is 0.783 bits per heavy atom. The first kappa shape index (κ1) is 27.3. The quantitative estimate of drug-likeness (QED) is 0.414. The SMILES string of the molecule is CC(C)(C)C[c-]1cccc1.CC(C)(C)C[c-]1cccc1.[F-].[F-].[Hf+4]. The van der Waals surface area contributed by atoms with Gasteiger partial charge in [0.25, 0.3) is 0 Å². The zero-order chi connectivity index (χ0) is 15.2. The molecular weight excluding hydrogens is 457 g/mol. The Morgan fingerprint density at radius 1 is 0.565 bits per heavy atom. The van der Waals surface area contributed by atoms with Crippen LogP contribution in [0.15, 0.2) is 48.5 Å². The maximum Gasteiger partial charge on any atom is 4.00 e. The minimum Gasteiger partial charge on any atom is -1.00 e. The fourth-order valence-corrected chi connectivity index (χ4v) is 2.29.